The fourth-order valence-electron chi connectivity index (χ4n) is 3.98. The highest BCUT2D eigenvalue weighted by molar-refractivity contribution is 7.09. The normalized spacial score (nSPS) is 18.3. The van der Waals surface area contributed by atoms with Gasteiger partial charge in [-0.1, -0.05) is 30.3 Å². The summed E-state index contributed by atoms with van der Waals surface area (Å²) in [5.41, 5.74) is 1.63. The van der Waals surface area contributed by atoms with Crippen LogP contribution in [0, 0.1) is 11.7 Å². The molecule has 4 nitrogen and oxygen atoms in total. The van der Waals surface area contributed by atoms with Gasteiger partial charge in [0.05, 0.1) is 6.04 Å². The summed E-state index contributed by atoms with van der Waals surface area (Å²) in [5.74, 6) is -0.0176. The van der Waals surface area contributed by atoms with Gasteiger partial charge in [-0.15, -0.1) is 11.3 Å². The van der Waals surface area contributed by atoms with E-state index in [0.717, 1.165) is 36.5 Å². The second-order valence-corrected chi connectivity index (χ2v) is 8.38. The first-order valence-electron chi connectivity index (χ1n) is 9.91. The molecule has 0 aliphatic carbocycles. The quantitative estimate of drug-likeness (QED) is 0.644. The molecular formula is C23H24FN3OS. The molecule has 4 rings (SSSR count). The second kappa shape index (κ2) is 9.29. The van der Waals surface area contributed by atoms with Crippen LogP contribution in [0.1, 0.15) is 39.8 Å². The molecule has 0 saturated carbocycles. The third-order valence-corrected chi connectivity index (χ3v) is 6.21. The van der Waals surface area contributed by atoms with Crippen molar-refractivity contribution in [2.24, 2.45) is 5.92 Å². The van der Waals surface area contributed by atoms with E-state index in [9.17, 15) is 9.18 Å². The van der Waals surface area contributed by atoms with Gasteiger partial charge in [0.25, 0.3) is 5.91 Å². The number of hydrogen-bond donors (Lipinski definition) is 1. The number of likely N-dealkylation sites (tertiary alicyclic amines) is 1. The molecule has 2 heterocycles. The molecule has 1 aromatic heterocycles. The summed E-state index contributed by atoms with van der Waals surface area (Å²) in [6, 6.07) is 15.9. The van der Waals surface area contributed by atoms with Gasteiger partial charge in [0, 0.05) is 30.2 Å². The standard InChI is InChI=1S/C23H24FN3OS/c24-20-10-4-6-17(14-20)15-27-12-5-9-19(16-27)21(23-25-11-13-29-23)26-22(28)18-7-2-1-3-8-18/h1-4,6-8,10-11,13-14,19,21H,5,9,12,15-16H2,(H,26,28)/t19-,21+/m0/s1. The number of hydrogen-bond acceptors (Lipinski definition) is 4. The van der Waals surface area contributed by atoms with Crippen LogP contribution in [-0.4, -0.2) is 28.9 Å². The maximum atomic E-state index is 13.5. The molecule has 29 heavy (non-hydrogen) atoms. The van der Waals surface area contributed by atoms with Gasteiger partial charge in [-0.05, 0) is 55.1 Å². The Balaban J connectivity index is 1.49. The molecule has 1 aliphatic rings. The van der Waals surface area contributed by atoms with E-state index in [2.05, 4.69) is 15.2 Å². The van der Waals surface area contributed by atoms with E-state index in [1.807, 2.05) is 41.8 Å². The Bertz CT molecular complexity index is 932. The molecule has 1 saturated heterocycles. The molecule has 1 amide bonds. The Hall–Kier alpha value is -2.57. The van der Waals surface area contributed by atoms with Crippen molar-refractivity contribution in [2.75, 3.05) is 13.1 Å². The van der Waals surface area contributed by atoms with Crippen molar-refractivity contribution in [1.82, 2.24) is 15.2 Å². The average Bonchev–Trinajstić information content (AvgIpc) is 3.27. The fraction of sp³-hybridized carbons (Fsp3) is 0.304. The number of piperidine rings is 1. The minimum absolute atomic E-state index is 0.0759. The number of nitrogens with zero attached hydrogens (tertiary/aromatic N) is 2. The van der Waals surface area contributed by atoms with Crippen molar-refractivity contribution in [1.29, 1.82) is 0 Å². The smallest absolute Gasteiger partial charge is 0.251 e. The lowest BCUT2D eigenvalue weighted by Gasteiger charge is -2.36. The predicted molar refractivity (Wildman–Crippen MR) is 113 cm³/mol. The van der Waals surface area contributed by atoms with E-state index in [0.29, 0.717) is 12.1 Å². The molecule has 150 valence electrons. The molecule has 1 fully saturated rings. The predicted octanol–water partition coefficient (Wildman–Crippen LogP) is 4.67. The van der Waals surface area contributed by atoms with Gasteiger partial charge in [0.2, 0.25) is 0 Å². The minimum Gasteiger partial charge on any atom is -0.342 e. The number of carbonyl (C=O) groups is 1. The number of nitrogens with one attached hydrogen (secondary N) is 1. The Morgan fingerprint density at radius 1 is 1.24 bits per heavy atom. The molecule has 1 aliphatic heterocycles. The summed E-state index contributed by atoms with van der Waals surface area (Å²) in [5, 5.41) is 6.11. The number of carbonyl (C=O) groups excluding carboxylic acids is 1. The SMILES string of the molecule is O=C(N[C@@H](c1nccs1)[C@H]1CCCN(Cc2cccc(F)c2)C1)c1ccccc1. The number of aromatic nitrogens is 1. The summed E-state index contributed by atoms with van der Waals surface area (Å²) in [7, 11) is 0. The van der Waals surface area contributed by atoms with Crippen LogP contribution in [-0.2, 0) is 6.54 Å². The first-order chi connectivity index (χ1) is 14.2. The van der Waals surface area contributed by atoms with Crippen molar-refractivity contribution in [3.05, 3.63) is 88.1 Å². The van der Waals surface area contributed by atoms with Crippen LogP contribution in [0.5, 0.6) is 0 Å². The molecule has 0 radical (unpaired) electrons. The van der Waals surface area contributed by atoms with Gasteiger partial charge >= 0.3 is 0 Å². The number of thiazole rings is 1. The zero-order valence-electron chi connectivity index (χ0n) is 16.1. The molecule has 2 aromatic carbocycles. The summed E-state index contributed by atoms with van der Waals surface area (Å²) in [6.45, 7) is 2.53. The first-order valence-corrected chi connectivity index (χ1v) is 10.8. The summed E-state index contributed by atoms with van der Waals surface area (Å²) in [4.78, 5) is 19.7. The topological polar surface area (TPSA) is 45.2 Å². The van der Waals surface area contributed by atoms with Crippen molar-refractivity contribution in [2.45, 2.75) is 25.4 Å². The highest BCUT2D eigenvalue weighted by Crippen LogP contribution is 2.32. The Morgan fingerprint density at radius 2 is 2.10 bits per heavy atom. The average molecular weight is 410 g/mol. The van der Waals surface area contributed by atoms with Gasteiger partial charge < -0.3 is 5.32 Å². The van der Waals surface area contributed by atoms with Crippen molar-refractivity contribution in [3.63, 3.8) is 0 Å². The van der Waals surface area contributed by atoms with Gasteiger partial charge in [0.1, 0.15) is 10.8 Å². The number of halogens is 1. The van der Waals surface area contributed by atoms with Gasteiger partial charge in [-0.2, -0.15) is 0 Å². The largest absolute Gasteiger partial charge is 0.342 e. The third-order valence-electron chi connectivity index (χ3n) is 5.35. The van der Waals surface area contributed by atoms with E-state index in [4.69, 9.17) is 0 Å². The molecule has 3 aromatic rings. The van der Waals surface area contributed by atoms with Crippen molar-refractivity contribution < 1.29 is 9.18 Å². The highest BCUT2D eigenvalue weighted by Gasteiger charge is 2.31. The zero-order valence-corrected chi connectivity index (χ0v) is 16.9. The van der Waals surface area contributed by atoms with Gasteiger partial charge in [-0.3, -0.25) is 9.69 Å². The van der Waals surface area contributed by atoms with Crippen molar-refractivity contribution in [3.8, 4) is 0 Å². The molecule has 0 spiro atoms. The Labute approximate surface area is 174 Å². The molecule has 0 unspecified atom stereocenters. The molecule has 6 heteroatoms. The van der Waals surface area contributed by atoms with E-state index in [-0.39, 0.29) is 23.7 Å². The molecular weight excluding hydrogens is 385 g/mol. The zero-order chi connectivity index (χ0) is 20.1. The fourth-order valence-corrected chi connectivity index (χ4v) is 4.76. The first kappa shape index (κ1) is 19.7. The second-order valence-electron chi connectivity index (χ2n) is 7.45. The highest BCUT2D eigenvalue weighted by atomic mass is 32.1. The summed E-state index contributed by atoms with van der Waals surface area (Å²) < 4.78 is 13.5. The van der Waals surface area contributed by atoms with Crippen molar-refractivity contribution >= 4 is 17.2 Å². The van der Waals surface area contributed by atoms with Crippen LogP contribution in [0.4, 0.5) is 4.39 Å². The van der Waals surface area contributed by atoms with Gasteiger partial charge in [0.15, 0.2) is 0 Å². The van der Waals surface area contributed by atoms with Gasteiger partial charge in [-0.25, -0.2) is 9.37 Å². The van der Waals surface area contributed by atoms with E-state index < -0.39 is 0 Å². The van der Waals surface area contributed by atoms with E-state index in [1.54, 1.807) is 29.7 Å². The molecule has 2 atom stereocenters. The third kappa shape index (κ3) is 5.08. The van der Waals surface area contributed by atoms with Crippen LogP contribution in [0.25, 0.3) is 0 Å². The van der Waals surface area contributed by atoms with Crippen LogP contribution in [0.3, 0.4) is 0 Å². The maximum absolute atomic E-state index is 13.5. The Kier molecular flexibility index (Phi) is 6.32. The monoisotopic (exact) mass is 409 g/mol. The summed E-state index contributed by atoms with van der Waals surface area (Å²) in [6.07, 6.45) is 3.86. The molecule has 1 N–H and O–H groups in total. The van der Waals surface area contributed by atoms with Crippen LogP contribution in [0.2, 0.25) is 0 Å². The van der Waals surface area contributed by atoms with Crippen LogP contribution < -0.4 is 5.32 Å². The maximum Gasteiger partial charge on any atom is 0.251 e. The Morgan fingerprint density at radius 3 is 2.86 bits per heavy atom. The molecule has 0 bridgehead atoms. The van der Waals surface area contributed by atoms with E-state index >= 15 is 0 Å². The number of rotatable bonds is 6. The lowest BCUT2D eigenvalue weighted by Crippen LogP contribution is -2.42. The van der Waals surface area contributed by atoms with Crippen LogP contribution >= 0.6 is 11.3 Å². The number of amides is 1. The van der Waals surface area contributed by atoms with E-state index in [1.165, 1.54) is 6.07 Å². The lowest BCUT2D eigenvalue weighted by molar-refractivity contribution is 0.0877. The number of benzene rings is 2. The minimum atomic E-state index is -0.202. The summed E-state index contributed by atoms with van der Waals surface area (Å²) >= 11 is 1.58. The van der Waals surface area contributed by atoms with Crippen LogP contribution in [0.15, 0.2) is 66.2 Å². The lowest BCUT2D eigenvalue weighted by atomic mass is 9.90.